The number of carboxylic acid groups (broad SMARTS) is 1. The van der Waals surface area contributed by atoms with Crippen molar-refractivity contribution in [3.05, 3.63) is 356 Å². The molecule has 0 saturated carbocycles. The van der Waals surface area contributed by atoms with Gasteiger partial charge in [0.15, 0.2) is 15.4 Å². The molecule has 0 aliphatic heterocycles. The number of carbonyl (C=O) groups excluding carboxylic acids is 5. The van der Waals surface area contributed by atoms with Crippen LogP contribution in [0.2, 0.25) is 0 Å². The Morgan fingerprint density at radius 3 is 0.932 bits per heavy atom. The van der Waals surface area contributed by atoms with E-state index in [4.69, 9.17) is 19.7 Å². The number of thiazole rings is 3. The van der Waals surface area contributed by atoms with Crippen LogP contribution in [-0.2, 0) is 49.7 Å². The Morgan fingerprint density at radius 1 is 0.359 bits per heavy atom. The lowest BCUT2D eigenvalue weighted by molar-refractivity contribution is -0.150. The van der Waals surface area contributed by atoms with Crippen molar-refractivity contribution >= 4 is 117 Å². The second kappa shape index (κ2) is 28.5. The van der Waals surface area contributed by atoms with Crippen LogP contribution in [0.15, 0.2) is 289 Å². The van der Waals surface area contributed by atoms with Crippen LogP contribution in [0, 0.1) is 16.2 Å². The summed E-state index contributed by atoms with van der Waals surface area (Å²) < 4.78 is 5.42. The Labute approximate surface area is 687 Å². The molecule has 0 fully saturated rings. The maximum atomic E-state index is 14.3. The van der Waals surface area contributed by atoms with Gasteiger partial charge in [0.05, 0.1) is 40.4 Å². The predicted molar refractivity (Wildman–Crippen MR) is 464 cm³/mol. The SMILES string of the molecule is CC1(C(=O)Nc2nc(-c3cccc4ccccc34)cs2)CC2(C(=O)O)c3ccccc3C1c1ccccc12.CCNC(=O)C12CC(C)(C(=O)Nc3nc(-c4cccc5ccccc45)cs3)C(c3ccccc31)c1ccccc12.COC(=O)C12CC(C)(C(=O)Nc3nc(-c4cccc5ccccc45)cs3)C(c3ccccc31)c1ccccc12. The van der Waals surface area contributed by atoms with Gasteiger partial charge in [0.2, 0.25) is 23.6 Å². The number of fused-ring (bicyclic) bond motifs is 6. The maximum Gasteiger partial charge on any atom is 0.320 e. The number of ether oxygens (including phenoxy) is 1. The minimum absolute atomic E-state index is 0.0560. The third-order valence-electron chi connectivity index (χ3n) is 25.7. The Balaban J connectivity index is 0.000000117. The van der Waals surface area contributed by atoms with E-state index in [9.17, 15) is 33.9 Å². The minimum atomic E-state index is -1.29. The Kier molecular flexibility index (Phi) is 18.1. The summed E-state index contributed by atoms with van der Waals surface area (Å²) in [4.78, 5) is 97.7. The predicted octanol–water partition coefficient (Wildman–Crippen LogP) is 20.6. The smallest absolute Gasteiger partial charge is 0.320 e. The molecule has 15 aromatic rings. The van der Waals surface area contributed by atoms with Crippen LogP contribution < -0.4 is 21.3 Å². The molecule has 18 heteroatoms. The molecule has 576 valence electrons. The number of esters is 1. The van der Waals surface area contributed by atoms with Crippen molar-refractivity contribution in [2.45, 2.75) is 81.0 Å². The number of amides is 4. The summed E-state index contributed by atoms with van der Waals surface area (Å²) in [6.07, 6.45) is 0.887. The van der Waals surface area contributed by atoms with Gasteiger partial charge >= 0.3 is 11.9 Å². The second-order valence-corrected chi connectivity index (χ2v) is 34.6. The molecule has 4 amide bonds. The highest BCUT2D eigenvalue weighted by Gasteiger charge is 2.67. The second-order valence-electron chi connectivity index (χ2n) is 32.0. The molecule has 24 rings (SSSR count). The Hall–Kier alpha value is -12.9. The summed E-state index contributed by atoms with van der Waals surface area (Å²) in [5, 5.41) is 37.4. The number of benzene rings is 12. The number of carboxylic acids is 1. The molecule has 6 bridgehead atoms. The molecule has 3 aromatic heterocycles. The minimum Gasteiger partial charge on any atom is -0.480 e. The van der Waals surface area contributed by atoms with Gasteiger partial charge in [-0.1, -0.05) is 273 Å². The van der Waals surface area contributed by atoms with Crippen LogP contribution >= 0.6 is 34.0 Å². The van der Waals surface area contributed by atoms with Crippen molar-refractivity contribution in [1.82, 2.24) is 20.3 Å². The normalized spacial score (nSPS) is 22.7. The van der Waals surface area contributed by atoms with Gasteiger partial charge in [0.1, 0.15) is 16.2 Å². The Morgan fingerprint density at radius 2 is 0.624 bits per heavy atom. The van der Waals surface area contributed by atoms with Gasteiger partial charge in [0.25, 0.3) is 0 Å². The van der Waals surface area contributed by atoms with E-state index < -0.39 is 38.5 Å². The van der Waals surface area contributed by atoms with Crippen LogP contribution in [0.4, 0.5) is 15.4 Å². The van der Waals surface area contributed by atoms with E-state index in [1.807, 2.05) is 226 Å². The summed E-state index contributed by atoms with van der Waals surface area (Å²) in [5.74, 6) is -2.43. The zero-order valence-corrected chi connectivity index (χ0v) is 67.1. The summed E-state index contributed by atoms with van der Waals surface area (Å²) >= 11 is 4.22. The van der Waals surface area contributed by atoms with E-state index in [1.165, 1.54) is 41.1 Å². The topological polar surface area (TPSA) is 219 Å². The Bertz CT molecular complexity index is 6460. The fourth-order valence-electron chi connectivity index (χ4n) is 20.8. The lowest BCUT2D eigenvalue weighted by Crippen LogP contribution is -2.59. The van der Waals surface area contributed by atoms with Crippen molar-refractivity contribution < 1.29 is 38.6 Å². The summed E-state index contributed by atoms with van der Waals surface area (Å²) in [5.41, 5.74) is 10.9. The maximum absolute atomic E-state index is 14.3. The fourth-order valence-corrected chi connectivity index (χ4v) is 22.9. The van der Waals surface area contributed by atoms with Gasteiger partial charge in [-0.15, -0.1) is 34.0 Å². The number of likely N-dealkylation sites (N-methyl/N-ethyl adjacent to an activating group) is 1. The molecule has 117 heavy (non-hydrogen) atoms. The molecule has 3 atom stereocenters. The van der Waals surface area contributed by atoms with Crippen LogP contribution in [0.25, 0.3) is 66.1 Å². The lowest BCUT2D eigenvalue weighted by atomic mass is 9.46. The highest BCUT2D eigenvalue weighted by atomic mass is 32.1. The molecule has 3 heterocycles. The number of anilines is 3. The van der Waals surface area contributed by atoms with E-state index in [2.05, 4.69) is 112 Å². The molecule has 15 nitrogen and oxygen atoms in total. The zero-order valence-electron chi connectivity index (χ0n) is 64.6. The first kappa shape index (κ1) is 74.3. The number of aromatic nitrogens is 3. The van der Waals surface area contributed by atoms with E-state index in [0.717, 1.165) is 133 Å². The molecule has 9 aliphatic rings. The van der Waals surface area contributed by atoms with Crippen molar-refractivity contribution in [2.24, 2.45) is 16.2 Å². The highest BCUT2D eigenvalue weighted by molar-refractivity contribution is 7.14. The summed E-state index contributed by atoms with van der Waals surface area (Å²) in [6, 6.07) is 90.7. The monoisotopic (exact) mass is 1590 g/mol. The number of carbonyl (C=O) groups is 6. The quantitative estimate of drug-likeness (QED) is 0.0684. The van der Waals surface area contributed by atoms with Gasteiger partial charge in [-0.05, 0) is 146 Å². The number of nitrogens with one attached hydrogen (secondary N) is 4. The zero-order chi connectivity index (χ0) is 80.3. The number of hydrogen-bond donors (Lipinski definition) is 5. The fraction of sp³-hybridized carbons (Fsp3) is 0.182. The molecular formula is C99H79N7O8S3. The van der Waals surface area contributed by atoms with Crippen LogP contribution in [0.5, 0.6) is 0 Å². The van der Waals surface area contributed by atoms with E-state index in [1.54, 1.807) is 0 Å². The molecule has 0 saturated heterocycles. The highest BCUT2D eigenvalue weighted by Crippen LogP contribution is 2.68. The molecule has 5 N–H and O–H groups in total. The number of nitrogens with zero attached hydrogens (tertiary/aromatic N) is 3. The van der Waals surface area contributed by atoms with Crippen LogP contribution in [0.3, 0.4) is 0 Å². The number of aliphatic carboxylic acids is 1. The van der Waals surface area contributed by atoms with Gasteiger partial charge in [-0.25, -0.2) is 15.0 Å². The van der Waals surface area contributed by atoms with Gasteiger partial charge in [0, 0.05) is 57.1 Å². The molecule has 0 radical (unpaired) electrons. The average molecular weight is 1590 g/mol. The van der Waals surface area contributed by atoms with Crippen molar-refractivity contribution in [3.8, 4) is 33.8 Å². The lowest BCUT2D eigenvalue weighted by Gasteiger charge is -2.56. The van der Waals surface area contributed by atoms with Gasteiger partial charge < -0.3 is 31.1 Å². The third kappa shape index (κ3) is 11.4. The number of rotatable bonds is 13. The summed E-state index contributed by atoms with van der Waals surface area (Å²) in [6.45, 7) is 8.33. The average Bonchev–Trinajstić information content (AvgIpc) is 1.61. The first-order valence-electron chi connectivity index (χ1n) is 39.3. The van der Waals surface area contributed by atoms with Gasteiger partial charge in [-0.3, -0.25) is 28.8 Å². The van der Waals surface area contributed by atoms with Crippen molar-refractivity contribution in [2.75, 3.05) is 29.6 Å². The van der Waals surface area contributed by atoms with Crippen LogP contribution in [-0.4, -0.2) is 69.3 Å². The number of hydrogen-bond acceptors (Lipinski definition) is 13. The summed E-state index contributed by atoms with van der Waals surface area (Å²) in [7, 11) is 1.42. The standard InChI is InChI=1S/C34H29N3O2S.C33H26N2O3S.C32H24N2O3S/c1-3-35-31(39)34-20-33(2,29(24-14-6-8-17-26(24)34)25-15-7-9-18-27(25)34)30(38)37-32-36-28(19-40-32)23-16-10-12-21-11-4-5-13-22(21)23;1-32(29(36)35-31-34-27(18-39-31)22-15-9-11-20-10-3-4-12-21(20)22)19-33(30(37)38-2)25-16-7-5-13-23(25)28(32)24-14-6-8-17-26(24)33;1-31(28(35)34-30-33-26(17-38-30)21-14-8-10-19-9-2-3-11-20(19)21)18-32(29(36)37)24-15-6-4-12-22(24)27(31)23-13-5-7-16-25(23)32/h4-19,29H,3,20H2,1-2H3,(H,35,39)(H,36,37,38);3-18,28H,19H2,1-2H3,(H,34,35,36);2-17,27H,18H2,1H3,(H,36,37)(H,33,34,35). The van der Waals surface area contributed by atoms with Crippen molar-refractivity contribution in [1.29, 1.82) is 0 Å². The molecule has 0 spiro atoms. The van der Waals surface area contributed by atoms with E-state index in [-0.39, 0.29) is 53.8 Å². The molecule has 12 aromatic carbocycles. The largest absolute Gasteiger partial charge is 0.480 e. The van der Waals surface area contributed by atoms with Crippen molar-refractivity contribution in [3.63, 3.8) is 0 Å². The van der Waals surface area contributed by atoms with E-state index in [0.29, 0.717) is 34.8 Å². The molecule has 9 aliphatic carbocycles. The molecular weight excluding hydrogens is 1510 g/mol. The first-order chi connectivity index (χ1) is 56.9. The van der Waals surface area contributed by atoms with E-state index >= 15 is 0 Å². The van der Waals surface area contributed by atoms with Gasteiger partial charge in [-0.2, -0.15) is 0 Å². The first-order valence-corrected chi connectivity index (χ1v) is 41.9. The third-order valence-corrected chi connectivity index (χ3v) is 28.0. The molecule has 3 unspecified atom stereocenters. The van der Waals surface area contributed by atoms with Crippen LogP contribution in [0.1, 0.15) is 131 Å². The number of methoxy groups -OCH3 is 1.